The smallest absolute Gasteiger partial charge is 0.315 e. The predicted octanol–water partition coefficient (Wildman–Crippen LogP) is -1.41. The fourth-order valence-corrected chi connectivity index (χ4v) is 1.01. The summed E-state index contributed by atoms with van der Waals surface area (Å²) in [5.41, 5.74) is 6.37. The zero-order chi connectivity index (χ0) is 9.99. The molecule has 12 heavy (non-hydrogen) atoms. The highest BCUT2D eigenvalue weighted by atomic mass is 16.4. The maximum atomic E-state index is 11.0. The van der Waals surface area contributed by atoms with Gasteiger partial charge in [-0.05, 0) is 6.92 Å². The van der Waals surface area contributed by atoms with Gasteiger partial charge in [0.2, 0.25) is 0 Å². The molecule has 0 bridgehead atoms. The Hall–Kier alpha value is -0.610. The van der Waals surface area contributed by atoms with E-state index in [0.717, 1.165) is 0 Å². The van der Waals surface area contributed by atoms with Crippen molar-refractivity contribution in [3.05, 3.63) is 0 Å². The first-order chi connectivity index (χ1) is 5.31. The monoisotopic (exact) mass is 176 g/mol. The van der Waals surface area contributed by atoms with E-state index in [4.69, 9.17) is 5.11 Å². The summed E-state index contributed by atoms with van der Waals surface area (Å²) in [6.07, 6.45) is 0. The van der Waals surface area contributed by atoms with Crippen molar-refractivity contribution in [1.82, 2.24) is 0 Å². The maximum absolute atomic E-state index is 11.0. The maximum Gasteiger partial charge on any atom is 0.315 e. The fraction of sp³-hybridized carbons (Fsp3) is 0.875. The van der Waals surface area contributed by atoms with Gasteiger partial charge in [-0.15, -0.1) is 0 Å². The summed E-state index contributed by atoms with van der Waals surface area (Å²) in [6, 6.07) is 0. The van der Waals surface area contributed by atoms with Crippen LogP contribution >= 0.6 is 0 Å². The molecule has 0 saturated heterocycles. The lowest BCUT2D eigenvalue weighted by atomic mass is 9.66. The summed E-state index contributed by atoms with van der Waals surface area (Å²) >= 11 is 0. The quantitative estimate of drug-likeness (QED) is 0.491. The van der Waals surface area contributed by atoms with Crippen LogP contribution in [0.3, 0.4) is 0 Å². The summed E-state index contributed by atoms with van der Waals surface area (Å²) in [5.74, 6) is -0.786. The van der Waals surface area contributed by atoms with Crippen LogP contribution < -0.4 is 11.5 Å². The molecule has 0 fully saturated rings. The second-order valence-corrected chi connectivity index (χ2v) is 4.02. The molecular weight excluding hydrogens is 156 g/mol. The second kappa shape index (κ2) is 3.41. The predicted molar refractivity (Wildman–Crippen MR) is 45.0 cm³/mol. The molecule has 0 saturated carbocycles. The largest absolute Gasteiger partial charge is 0.481 e. The lowest BCUT2D eigenvalue weighted by molar-refractivity contribution is -0.426. The van der Waals surface area contributed by atoms with Gasteiger partial charge < -0.3 is 16.6 Å². The van der Waals surface area contributed by atoms with Crippen LogP contribution in [0, 0.1) is 10.8 Å². The topological polar surface area (TPSA) is 92.6 Å². The zero-order valence-corrected chi connectivity index (χ0v) is 8.18. The van der Waals surface area contributed by atoms with E-state index in [1.54, 1.807) is 6.92 Å². The van der Waals surface area contributed by atoms with Crippen LogP contribution in [0.4, 0.5) is 0 Å². The van der Waals surface area contributed by atoms with Crippen molar-refractivity contribution >= 4 is 5.97 Å². The first-order valence-corrected chi connectivity index (χ1v) is 4.13. The standard InChI is InChI=1S/C8H18N2O2/c1-7(2,4-9)8(3,5-10)6(11)12/h4-5,9-10H2,1-3H3,(H,11,12)/p+2. The van der Waals surface area contributed by atoms with Crippen LogP contribution in [0.5, 0.6) is 0 Å². The Morgan fingerprint density at radius 2 is 1.67 bits per heavy atom. The van der Waals surface area contributed by atoms with E-state index in [-0.39, 0.29) is 5.41 Å². The van der Waals surface area contributed by atoms with Gasteiger partial charge in [-0.25, -0.2) is 0 Å². The number of hydrogen-bond acceptors (Lipinski definition) is 1. The van der Waals surface area contributed by atoms with Crippen LogP contribution in [0.2, 0.25) is 0 Å². The molecule has 0 aliphatic carbocycles. The Morgan fingerprint density at radius 1 is 1.25 bits per heavy atom. The van der Waals surface area contributed by atoms with Crippen molar-refractivity contribution in [2.24, 2.45) is 10.8 Å². The van der Waals surface area contributed by atoms with E-state index >= 15 is 0 Å². The molecule has 7 N–H and O–H groups in total. The average Bonchev–Trinajstić information content (AvgIpc) is 2.02. The normalized spacial score (nSPS) is 17.1. The number of rotatable bonds is 4. The fourth-order valence-electron chi connectivity index (χ4n) is 1.01. The summed E-state index contributed by atoms with van der Waals surface area (Å²) < 4.78 is 0. The molecule has 0 radical (unpaired) electrons. The number of quaternary nitrogens is 2. The molecule has 0 rings (SSSR count). The van der Waals surface area contributed by atoms with Crippen molar-refractivity contribution in [1.29, 1.82) is 0 Å². The number of carboxylic acids is 1. The molecule has 1 atom stereocenters. The van der Waals surface area contributed by atoms with Crippen LogP contribution in [0.1, 0.15) is 20.8 Å². The first kappa shape index (κ1) is 11.4. The molecule has 0 spiro atoms. The third-order valence-electron chi connectivity index (χ3n) is 3.09. The van der Waals surface area contributed by atoms with E-state index in [2.05, 4.69) is 11.5 Å². The molecule has 0 aromatic heterocycles. The zero-order valence-electron chi connectivity index (χ0n) is 8.18. The van der Waals surface area contributed by atoms with E-state index in [0.29, 0.717) is 13.1 Å². The molecule has 0 aliphatic heterocycles. The van der Waals surface area contributed by atoms with Crippen molar-refractivity contribution < 1.29 is 21.4 Å². The van der Waals surface area contributed by atoms with Gasteiger partial charge >= 0.3 is 5.97 Å². The Balaban J connectivity index is 4.87. The van der Waals surface area contributed by atoms with Gasteiger partial charge in [0, 0.05) is 5.41 Å². The molecule has 72 valence electrons. The van der Waals surface area contributed by atoms with Gasteiger partial charge in [-0.3, -0.25) is 4.79 Å². The third-order valence-corrected chi connectivity index (χ3v) is 3.09. The Morgan fingerprint density at radius 3 is 1.75 bits per heavy atom. The summed E-state index contributed by atoms with van der Waals surface area (Å²) in [5, 5.41) is 9.03. The number of aliphatic carboxylic acids is 1. The first-order valence-electron chi connectivity index (χ1n) is 4.13. The highest BCUT2D eigenvalue weighted by molar-refractivity contribution is 5.75. The number of carboxylic acid groups (broad SMARTS) is 1. The SMILES string of the molecule is CC(C)(C[NH3+])C(C)(C[NH3+])C(=O)O. The molecule has 0 amide bonds. The van der Waals surface area contributed by atoms with Crippen molar-refractivity contribution in [2.45, 2.75) is 20.8 Å². The minimum Gasteiger partial charge on any atom is -0.481 e. The summed E-state index contributed by atoms with van der Waals surface area (Å²) in [4.78, 5) is 11.0. The Kier molecular flexibility index (Phi) is 3.24. The summed E-state index contributed by atoms with van der Waals surface area (Å²) in [7, 11) is 0. The van der Waals surface area contributed by atoms with E-state index in [9.17, 15) is 4.79 Å². The molecule has 0 heterocycles. The van der Waals surface area contributed by atoms with E-state index < -0.39 is 11.4 Å². The van der Waals surface area contributed by atoms with Gasteiger partial charge in [0.05, 0.1) is 13.1 Å². The highest BCUT2D eigenvalue weighted by Gasteiger charge is 2.48. The van der Waals surface area contributed by atoms with Gasteiger partial charge in [0.25, 0.3) is 0 Å². The Labute approximate surface area is 72.9 Å². The van der Waals surface area contributed by atoms with Gasteiger partial charge in [0.1, 0.15) is 5.41 Å². The van der Waals surface area contributed by atoms with Crippen LogP contribution in [0.25, 0.3) is 0 Å². The van der Waals surface area contributed by atoms with Gasteiger partial charge in [-0.1, -0.05) is 13.8 Å². The number of carbonyl (C=O) groups is 1. The lowest BCUT2D eigenvalue weighted by Crippen LogP contribution is -2.69. The molecule has 4 nitrogen and oxygen atoms in total. The van der Waals surface area contributed by atoms with E-state index in [1.807, 2.05) is 13.8 Å². The third kappa shape index (κ3) is 1.59. The average molecular weight is 176 g/mol. The Bertz CT molecular complexity index is 180. The van der Waals surface area contributed by atoms with Gasteiger partial charge in [-0.2, -0.15) is 0 Å². The molecule has 4 heteroatoms. The number of hydrogen-bond donors (Lipinski definition) is 3. The van der Waals surface area contributed by atoms with Crippen molar-refractivity contribution in [2.75, 3.05) is 13.1 Å². The highest BCUT2D eigenvalue weighted by Crippen LogP contribution is 2.36. The minimum absolute atomic E-state index is 0.305. The molecular formula is C8H20N2O2+2. The summed E-state index contributed by atoms with van der Waals surface area (Å²) in [6.45, 7) is 6.56. The molecule has 0 aromatic carbocycles. The van der Waals surface area contributed by atoms with Crippen LogP contribution in [-0.4, -0.2) is 24.2 Å². The van der Waals surface area contributed by atoms with Gasteiger partial charge in [0.15, 0.2) is 0 Å². The van der Waals surface area contributed by atoms with Crippen LogP contribution in [0.15, 0.2) is 0 Å². The van der Waals surface area contributed by atoms with Crippen molar-refractivity contribution in [3.63, 3.8) is 0 Å². The lowest BCUT2D eigenvalue weighted by Gasteiger charge is -2.35. The molecule has 0 aromatic rings. The molecule has 0 aliphatic rings. The van der Waals surface area contributed by atoms with Crippen molar-refractivity contribution in [3.8, 4) is 0 Å². The second-order valence-electron chi connectivity index (χ2n) is 4.02. The van der Waals surface area contributed by atoms with Crippen LogP contribution in [-0.2, 0) is 4.79 Å². The van der Waals surface area contributed by atoms with E-state index in [1.165, 1.54) is 0 Å². The minimum atomic E-state index is -0.786. The molecule has 1 unspecified atom stereocenters.